The van der Waals surface area contributed by atoms with Crippen molar-refractivity contribution in [2.24, 2.45) is 0 Å². The summed E-state index contributed by atoms with van der Waals surface area (Å²) in [5.41, 5.74) is 9.63. The van der Waals surface area contributed by atoms with Crippen LogP contribution in [0.5, 0.6) is 5.75 Å². The highest BCUT2D eigenvalue weighted by Crippen LogP contribution is 2.25. The summed E-state index contributed by atoms with van der Waals surface area (Å²) in [4.78, 5) is 10.8. The molecule has 2 aromatic rings. The second-order valence-electron chi connectivity index (χ2n) is 5.77. The molecule has 1 aliphatic rings. The number of anilines is 1. The Morgan fingerprint density at radius 3 is 2.48 bits per heavy atom. The summed E-state index contributed by atoms with van der Waals surface area (Å²) in [6.45, 7) is 4.56. The molecule has 3 rings (SSSR count). The molecule has 25 heavy (non-hydrogen) atoms. The van der Waals surface area contributed by atoms with Gasteiger partial charge in [-0.3, -0.25) is 4.90 Å². The summed E-state index contributed by atoms with van der Waals surface area (Å²) >= 11 is 0. The molecule has 0 spiro atoms. The molecule has 1 aromatic heterocycles. The van der Waals surface area contributed by atoms with Crippen LogP contribution in [-0.4, -0.2) is 35.1 Å². The summed E-state index contributed by atoms with van der Waals surface area (Å²) in [7, 11) is 1.69. The zero-order chi connectivity index (χ0) is 16.2. The minimum Gasteiger partial charge on any atom is -0.497 e. The third kappa shape index (κ3) is 5.33. The van der Waals surface area contributed by atoms with Gasteiger partial charge in [0, 0.05) is 31.4 Å². The molecular weight excluding hydrogens is 359 g/mol. The first-order valence-electron chi connectivity index (χ1n) is 7.79. The maximum atomic E-state index is 5.98. The van der Waals surface area contributed by atoms with Crippen molar-refractivity contribution in [2.45, 2.75) is 19.9 Å². The Bertz CT molecular complexity index is 720. The Kier molecular flexibility index (Phi) is 8.16. The molecule has 0 aliphatic carbocycles. The first kappa shape index (κ1) is 21.2. The van der Waals surface area contributed by atoms with Crippen LogP contribution in [0.3, 0.4) is 0 Å². The third-order valence-electron chi connectivity index (χ3n) is 4.17. The Labute approximate surface area is 161 Å². The second kappa shape index (κ2) is 9.61. The second-order valence-corrected chi connectivity index (χ2v) is 5.77. The van der Waals surface area contributed by atoms with E-state index in [1.165, 1.54) is 11.1 Å². The van der Waals surface area contributed by atoms with E-state index in [-0.39, 0.29) is 24.8 Å². The largest absolute Gasteiger partial charge is 0.497 e. The normalized spacial score (nSPS) is 14.1. The predicted octanol–water partition coefficient (Wildman–Crippen LogP) is 3.51. The van der Waals surface area contributed by atoms with Crippen LogP contribution >= 0.6 is 24.8 Å². The van der Waals surface area contributed by atoms with Gasteiger partial charge < -0.3 is 10.5 Å². The van der Waals surface area contributed by atoms with Gasteiger partial charge in [0.05, 0.1) is 7.11 Å². The quantitative estimate of drug-likeness (QED) is 0.876. The Hall–Kier alpha value is -1.82. The topological polar surface area (TPSA) is 64.3 Å². The van der Waals surface area contributed by atoms with Crippen LogP contribution in [0, 0.1) is 6.92 Å². The fraction of sp³-hybridized carbons (Fsp3) is 0.333. The molecule has 2 N–H and O–H groups in total. The van der Waals surface area contributed by atoms with E-state index >= 15 is 0 Å². The van der Waals surface area contributed by atoms with Crippen LogP contribution in [0.25, 0.3) is 5.57 Å². The number of ether oxygens (including phenoxy) is 1. The number of nitrogen functional groups attached to an aromatic ring is 1. The van der Waals surface area contributed by atoms with E-state index in [0.717, 1.165) is 37.4 Å². The van der Waals surface area contributed by atoms with Crippen molar-refractivity contribution in [3.05, 3.63) is 53.5 Å². The maximum Gasteiger partial charge on any atom is 0.131 e. The maximum absolute atomic E-state index is 5.98. The SMILES string of the molecule is COc1ccc(C2=CCN(Cc3cnc(C)nc3N)CC2)cc1.Cl.Cl. The Morgan fingerprint density at radius 2 is 1.92 bits per heavy atom. The lowest BCUT2D eigenvalue weighted by Crippen LogP contribution is -2.28. The van der Waals surface area contributed by atoms with Crippen LogP contribution in [0.1, 0.15) is 23.4 Å². The number of rotatable bonds is 4. The Morgan fingerprint density at radius 1 is 1.20 bits per heavy atom. The molecule has 1 aliphatic heterocycles. The molecule has 1 aromatic carbocycles. The molecular formula is C18H24Cl2N4O. The lowest BCUT2D eigenvalue weighted by atomic mass is 9.99. The lowest BCUT2D eigenvalue weighted by Gasteiger charge is -2.26. The summed E-state index contributed by atoms with van der Waals surface area (Å²) in [5.74, 6) is 2.19. The molecule has 0 saturated heterocycles. The van der Waals surface area contributed by atoms with E-state index in [4.69, 9.17) is 10.5 Å². The third-order valence-corrected chi connectivity index (χ3v) is 4.17. The van der Waals surface area contributed by atoms with Gasteiger partial charge in [0.25, 0.3) is 0 Å². The predicted molar refractivity (Wildman–Crippen MR) is 107 cm³/mol. The molecule has 0 saturated carbocycles. The Balaban J connectivity index is 0.00000156. The number of methoxy groups -OCH3 is 1. The summed E-state index contributed by atoms with van der Waals surface area (Å²) in [6, 6.07) is 8.25. The highest BCUT2D eigenvalue weighted by atomic mass is 35.5. The van der Waals surface area contributed by atoms with Gasteiger partial charge in [-0.25, -0.2) is 9.97 Å². The number of aryl methyl sites for hydroxylation is 1. The fourth-order valence-electron chi connectivity index (χ4n) is 2.80. The molecule has 0 unspecified atom stereocenters. The smallest absolute Gasteiger partial charge is 0.131 e. The van der Waals surface area contributed by atoms with Crippen LogP contribution in [0.2, 0.25) is 0 Å². The monoisotopic (exact) mass is 382 g/mol. The van der Waals surface area contributed by atoms with Crippen LogP contribution in [0.15, 0.2) is 36.5 Å². The molecule has 0 atom stereocenters. The summed E-state index contributed by atoms with van der Waals surface area (Å²) in [6.07, 6.45) is 5.15. The average molecular weight is 383 g/mol. The number of nitrogens with two attached hydrogens (primary N) is 1. The molecule has 2 heterocycles. The van der Waals surface area contributed by atoms with E-state index < -0.39 is 0 Å². The molecule has 136 valence electrons. The highest BCUT2D eigenvalue weighted by molar-refractivity contribution is 5.85. The lowest BCUT2D eigenvalue weighted by molar-refractivity contribution is 0.293. The number of aromatic nitrogens is 2. The van der Waals surface area contributed by atoms with E-state index in [1.54, 1.807) is 7.11 Å². The minimum absolute atomic E-state index is 0. The summed E-state index contributed by atoms with van der Waals surface area (Å²) in [5, 5.41) is 0. The van der Waals surface area contributed by atoms with Crippen molar-refractivity contribution in [1.29, 1.82) is 0 Å². The van der Waals surface area contributed by atoms with Crippen LogP contribution in [-0.2, 0) is 6.54 Å². The fourth-order valence-corrected chi connectivity index (χ4v) is 2.80. The zero-order valence-electron chi connectivity index (χ0n) is 14.4. The number of nitrogens with zero attached hydrogens (tertiary/aromatic N) is 3. The molecule has 5 nitrogen and oxygen atoms in total. The number of halogens is 2. The highest BCUT2D eigenvalue weighted by Gasteiger charge is 2.15. The number of hydrogen-bond donors (Lipinski definition) is 1. The van der Waals surface area contributed by atoms with Crippen molar-refractivity contribution in [2.75, 3.05) is 25.9 Å². The summed E-state index contributed by atoms with van der Waals surface area (Å²) < 4.78 is 5.21. The van der Waals surface area contributed by atoms with Gasteiger partial charge in [-0.15, -0.1) is 24.8 Å². The van der Waals surface area contributed by atoms with Gasteiger partial charge in [0.15, 0.2) is 0 Å². The van der Waals surface area contributed by atoms with Gasteiger partial charge in [-0.1, -0.05) is 18.2 Å². The van der Waals surface area contributed by atoms with Crippen molar-refractivity contribution >= 4 is 36.2 Å². The van der Waals surface area contributed by atoms with Gasteiger partial charge in [-0.2, -0.15) is 0 Å². The number of hydrogen-bond acceptors (Lipinski definition) is 5. The van der Waals surface area contributed by atoms with Crippen molar-refractivity contribution in [3.8, 4) is 5.75 Å². The number of benzene rings is 1. The van der Waals surface area contributed by atoms with E-state index in [2.05, 4.69) is 33.1 Å². The van der Waals surface area contributed by atoms with Gasteiger partial charge in [0.1, 0.15) is 17.4 Å². The molecule has 0 amide bonds. The van der Waals surface area contributed by atoms with E-state index in [9.17, 15) is 0 Å². The first-order valence-corrected chi connectivity index (χ1v) is 7.79. The van der Waals surface area contributed by atoms with Gasteiger partial charge >= 0.3 is 0 Å². The standard InChI is InChI=1S/C18H22N4O.2ClH/c1-13-20-11-16(18(19)21-13)12-22-9-7-15(8-10-22)14-3-5-17(23-2)6-4-14;;/h3-7,11H,8-10,12H2,1-2H3,(H2,19,20,21);2*1H. The molecule has 0 radical (unpaired) electrons. The van der Waals surface area contributed by atoms with E-state index in [0.29, 0.717) is 11.6 Å². The zero-order valence-corrected chi connectivity index (χ0v) is 16.1. The molecule has 7 heteroatoms. The van der Waals surface area contributed by atoms with Crippen molar-refractivity contribution in [1.82, 2.24) is 14.9 Å². The van der Waals surface area contributed by atoms with E-state index in [1.807, 2.05) is 25.3 Å². The van der Waals surface area contributed by atoms with Crippen LogP contribution in [0.4, 0.5) is 5.82 Å². The van der Waals surface area contributed by atoms with Crippen molar-refractivity contribution in [3.63, 3.8) is 0 Å². The first-order chi connectivity index (χ1) is 11.2. The van der Waals surface area contributed by atoms with Crippen molar-refractivity contribution < 1.29 is 4.74 Å². The van der Waals surface area contributed by atoms with Gasteiger partial charge in [-0.05, 0) is 36.6 Å². The molecule has 0 bridgehead atoms. The molecule has 0 fully saturated rings. The van der Waals surface area contributed by atoms with Crippen LogP contribution < -0.4 is 10.5 Å². The average Bonchev–Trinajstić information content (AvgIpc) is 2.58. The van der Waals surface area contributed by atoms with Gasteiger partial charge in [0.2, 0.25) is 0 Å². The minimum atomic E-state index is 0.